The minimum absolute atomic E-state index is 0.157. The van der Waals surface area contributed by atoms with Crippen molar-refractivity contribution in [1.29, 1.82) is 0 Å². The number of benzene rings is 3. The lowest BCUT2D eigenvalue weighted by Crippen LogP contribution is -2.00. The van der Waals surface area contributed by atoms with Crippen LogP contribution in [0.4, 0.5) is 0 Å². The maximum Gasteiger partial charge on any atom is 0.336 e. The molecule has 0 unspecified atom stereocenters. The van der Waals surface area contributed by atoms with E-state index in [9.17, 15) is 4.79 Å². The molecule has 0 saturated carbocycles. The summed E-state index contributed by atoms with van der Waals surface area (Å²) in [5.41, 5.74) is 3.12. The van der Waals surface area contributed by atoms with Gasteiger partial charge in [0, 0.05) is 23.1 Å². The normalized spacial score (nSPS) is 11.0. The molecule has 0 spiro atoms. The number of ether oxygens (including phenoxy) is 1. The smallest absolute Gasteiger partial charge is 0.336 e. The van der Waals surface area contributed by atoms with Crippen LogP contribution in [-0.4, -0.2) is 4.98 Å². The Morgan fingerprint density at radius 2 is 1.61 bits per heavy atom. The van der Waals surface area contributed by atoms with Crippen molar-refractivity contribution < 1.29 is 13.6 Å². The van der Waals surface area contributed by atoms with E-state index in [4.69, 9.17) is 25.2 Å². The van der Waals surface area contributed by atoms with E-state index in [1.807, 2.05) is 60.7 Å². The highest BCUT2D eigenvalue weighted by molar-refractivity contribution is 6.33. The molecule has 0 aliphatic carbocycles. The lowest BCUT2D eigenvalue weighted by molar-refractivity contribution is 0.301. The fourth-order valence-corrected chi connectivity index (χ4v) is 3.59. The Bertz CT molecular complexity index is 1410. The van der Waals surface area contributed by atoms with Gasteiger partial charge in [0.15, 0.2) is 0 Å². The van der Waals surface area contributed by atoms with Crippen LogP contribution in [0.1, 0.15) is 5.69 Å². The largest absolute Gasteiger partial charge is 0.485 e. The van der Waals surface area contributed by atoms with Gasteiger partial charge in [0.25, 0.3) is 0 Å². The maximum absolute atomic E-state index is 12.1. The molecule has 0 amide bonds. The van der Waals surface area contributed by atoms with E-state index < -0.39 is 5.63 Å². The Hall–Kier alpha value is -3.83. The van der Waals surface area contributed by atoms with E-state index in [2.05, 4.69) is 4.98 Å². The molecular weight excluding hydrogens is 414 g/mol. The molecule has 0 bridgehead atoms. The molecule has 0 aliphatic rings. The van der Waals surface area contributed by atoms with Gasteiger partial charge in [0.1, 0.15) is 29.9 Å². The number of fused-ring (bicyclic) bond motifs is 1. The average Bonchev–Trinajstić information content (AvgIpc) is 3.28. The number of hydrogen-bond acceptors (Lipinski definition) is 5. The Labute approximate surface area is 182 Å². The third kappa shape index (κ3) is 3.96. The first-order valence-corrected chi connectivity index (χ1v) is 10.0. The Morgan fingerprint density at radius 1 is 0.903 bits per heavy atom. The number of halogens is 1. The minimum Gasteiger partial charge on any atom is -0.485 e. The van der Waals surface area contributed by atoms with Crippen LogP contribution >= 0.6 is 11.6 Å². The molecular formula is C25H16ClNO4. The van der Waals surface area contributed by atoms with E-state index in [0.717, 1.165) is 22.1 Å². The van der Waals surface area contributed by atoms with Crippen LogP contribution in [0.2, 0.25) is 5.02 Å². The predicted octanol–water partition coefficient (Wildman–Crippen LogP) is 6.35. The molecule has 0 fully saturated rings. The summed E-state index contributed by atoms with van der Waals surface area (Å²) < 4.78 is 16.8. The zero-order valence-electron chi connectivity index (χ0n) is 16.2. The van der Waals surface area contributed by atoms with Crippen molar-refractivity contribution in [2.75, 3.05) is 0 Å². The molecule has 0 radical (unpaired) electrons. The summed E-state index contributed by atoms with van der Waals surface area (Å²) in [5.74, 6) is 0.911. The highest BCUT2D eigenvalue weighted by atomic mass is 35.5. The summed E-state index contributed by atoms with van der Waals surface area (Å²) in [4.78, 5) is 16.6. The van der Waals surface area contributed by atoms with Gasteiger partial charge in [-0.2, -0.15) is 0 Å². The predicted molar refractivity (Wildman–Crippen MR) is 119 cm³/mol. The summed E-state index contributed by atoms with van der Waals surface area (Å²) in [6.45, 7) is 0.157. The van der Waals surface area contributed by atoms with E-state index in [0.29, 0.717) is 27.9 Å². The van der Waals surface area contributed by atoms with E-state index in [1.54, 1.807) is 18.4 Å². The summed E-state index contributed by atoms with van der Waals surface area (Å²) in [7, 11) is 0. The van der Waals surface area contributed by atoms with Gasteiger partial charge < -0.3 is 13.6 Å². The molecule has 0 saturated heterocycles. The van der Waals surface area contributed by atoms with Gasteiger partial charge in [0.05, 0.1) is 5.02 Å². The molecule has 152 valence electrons. The van der Waals surface area contributed by atoms with Gasteiger partial charge in [0.2, 0.25) is 5.89 Å². The number of oxazole rings is 1. The molecule has 0 N–H and O–H groups in total. The van der Waals surface area contributed by atoms with Crippen LogP contribution in [0.15, 0.2) is 98.8 Å². The van der Waals surface area contributed by atoms with E-state index in [1.165, 1.54) is 6.07 Å². The fourth-order valence-electron chi connectivity index (χ4n) is 3.37. The highest BCUT2D eigenvalue weighted by Gasteiger charge is 2.14. The molecule has 5 nitrogen and oxygen atoms in total. The zero-order valence-corrected chi connectivity index (χ0v) is 17.0. The topological polar surface area (TPSA) is 65.5 Å². The zero-order chi connectivity index (χ0) is 21.2. The third-order valence-corrected chi connectivity index (χ3v) is 5.13. The molecule has 5 aromatic rings. The molecule has 31 heavy (non-hydrogen) atoms. The van der Waals surface area contributed by atoms with Crippen LogP contribution in [0.25, 0.3) is 33.6 Å². The van der Waals surface area contributed by atoms with Crippen molar-refractivity contribution in [3.8, 4) is 28.3 Å². The maximum atomic E-state index is 12.1. The fraction of sp³-hybridized carbons (Fsp3) is 0.0400. The van der Waals surface area contributed by atoms with Crippen molar-refractivity contribution in [3.63, 3.8) is 0 Å². The van der Waals surface area contributed by atoms with Crippen LogP contribution in [0.3, 0.4) is 0 Å². The van der Waals surface area contributed by atoms with Crippen LogP contribution < -0.4 is 10.4 Å². The lowest BCUT2D eigenvalue weighted by atomic mass is 10.0. The monoisotopic (exact) mass is 429 g/mol. The Balaban J connectivity index is 1.44. The molecule has 6 heteroatoms. The lowest BCUT2D eigenvalue weighted by Gasteiger charge is -2.10. The Kier molecular flexibility index (Phi) is 5.02. The van der Waals surface area contributed by atoms with Crippen LogP contribution in [-0.2, 0) is 6.61 Å². The van der Waals surface area contributed by atoms with Gasteiger partial charge in [-0.1, -0.05) is 60.1 Å². The third-order valence-electron chi connectivity index (χ3n) is 4.83. The quantitative estimate of drug-likeness (QED) is 0.305. The van der Waals surface area contributed by atoms with Crippen molar-refractivity contribution in [1.82, 2.24) is 4.98 Å². The molecule has 2 heterocycles. The second-order valence-electron chi connectivity index (χ2n) is 6.92. The van der Waals surface area contributed by atoms with Gasteiger partial charge in [-0.3, -0.25) is 0 Å². The first-order chi connectivity index (χ1) is 15.2. The second-order valence-corrected chi connectivity index (χ2v) is 7.33. The molecule has 3 aromatic carbocycles. The van der Waals surface area contributed by atoms with Crippen LogP contribution in [0.5, 0.6) is 5.75 Å². The Morgan fingerprint density at radius 3 is 2.35 bits per heavy atom. The first-order valence-electron chi connectivity index (χ1n) is 9.63. The first kappa shape index (κ1) is 19.2. The number of hydrogen-bond donors (Lipinski definition) is 0. The molecule has 5 rings (SSSR count). The minimum atomic E-state index is -0.441. The van der Waals surface area contributed by atoms with E-state index >= 15 is 0 Å². The SMILES string of the molecule is O=c1cc(-c2ccccc2)c2cc(Cl)c(OCc3coc(-c4ccccc4)n3)cc2o1. The molecule has 0 aliphatic heterocycles. The molecule has 0 atom stereocenters. The second kappa shape index (κ2) is 8.13. The van der Waals surface area contributed by atoms with Crippen molar-refractivity contribution in [2.24, 2.45) is 0 Å². The number of aromatic nitrogens is 1. The summed E-state index contributed by atoms with van der Waals surface area (Å²) >= 11 is 6.48. The average molecular weight is 430 g/mol. The number of nitrogens with zero attached hydrogens (tertiary/aromatic N) is 1. The summed E-state index contributed by atoms with van der Waals surface area (Å²) in [5, 5.41) is 1.14. The van der Waals surface area contributed by atoms with E-state index in [-0.39, 0.29) is 6.61 Å². The van der Waals surface area contributed by atoms with Crippen molar-refractivity contribution in [3.05, 3.63) is 106 Å². The van der Waals surface area contributed by atoms with Crippen LogP contribution in [0, 0.1) is 0 Å². The summed E-state index contributed by atoms with van der Waals surface area (Å²) in [6, 6.07) is 24.1. The highest BCUT2D eigenvalue weighted by Crippen LogP contribution is 2.35. The van der Waals surface area contributed by atoms with Gasteiger partial charge in [-0.25, -0.2) is 9.78 Å². The standard InChI is InChI=1S/C25H16ClNO4/c26-21-11-20-19(16-7-3-1-4-8-16)12-24(28)31-22(20)13-23(21)29-14-18-15-30-25(27-18)17-9-5-2-6-10-17/h1-13,15H,14H2. The van der Waals surface area contributed by atoms with Crippen molar-refractivity contribution in [2.45, 2.75) is 6.61 Å². The van der Waals surface area contributed by atoms with Gasteiger partial charge >= 0.3 is 5.63 Å². The van der Waals surface area contributed by atoms with Crippen molar-refractivity contribution >= 4 is 22.6 Å². The number of rotatable bonds is 5. The van der Waals surface area contributed by atoms with Gasteiger partial charge in [-0.15, -0.1) is 0 Å². The summed E-state index contributed by atoms with van der Waals surface area (Å²) in [6.07, 6.45) is 1.55. The molecule has 2 aromatic heterocycles. The van der Waals surface area contributed by atoms with Gasteiger partial charge in [-0.05, 0) is 29.3 Å².